The van der Waals surface area contributed by atoms with Crippen molar-refractivity contribution in [3.8, 4) is 0 Å². The summed E-state index contributed by atoms with van der Waals surface area (Å²) in [6.45, 7) is 7.73. The predicted octanol–water partition coefficient (Wildman–Crippen LogP) is 2.87. The third-order valence-electron chi connectivity index (χ3n) is 6.12. The van der Waals surface area contributed by atoms with Gasteiger partial charge in [0.2, 0.25) is 5.91 Å². The zero-order valence-electron chi connectivity index (χ0n) is 15.9. The van der Waals surface area contributed by atoms with Crippen molar-refractivity contribution in [2.75, 3.05) is 32.7 Å². The first-order chi connectivity index (χ1) is 12.4. The molecule has 1 amide bonds. The first kappa shape index (κ1) is 19.0. The lowest BCUT2D eigenvalue weighted by Gasteiger charge is -2.47. The molecule has 1 aromatic heterocycles. The van der Waals surface area contributed by atoms with E-state index in [1.165, 1.54) is 0 Å². The first-order valence-corrected chi connectivity index (χ1v) is 9.65. The second kappa shape index (κ2) is 7.82. The molecule has 2 fully saturated rings. The van der Waals surface area contributed by atoms with Crippen LogP contribution in [0.4, 0.5) is 0 Å². The number of carboxylic acid groups (broad SMARTS) is 1. The lowest BCUT2D eigenvalue weighted by molar-refractivity contribution is -0.149. The fourth-order valence-corrected chi connectivity index (χ4v) is 4.31. The second-order valence-electron chi connectivity index (χ2n) is 8.12. The normalized spacial score (nSPS) is 21.9. The number of hydrogen-bond donors (Lipinski definition) is 1. The number of furan rings is 1. The van der Waals surface area contributed by atoms with Crippen LogP contribution in [0.25, 0.3) is 0 Å². The van der Waals surface area contributed by atoms with Crippen LogP contribution in [-0.2, 0) is 9.59 Å². The number of amides is 1. The van der Waals surface area contributed by atoms with Crippen molar-refractivity contribution in [3.05, 3.63) is 23.7 Å². The Bertz CT molecular complexity index is 646. The quantitative estimate of drug-likeness (QED) is 0.842. The van der Waals surface area contributed by atoms with Gasteiger partial charge in [-0.1, -0.05) is 6.92 Å². The minimum absolute atomic E-state index is 0.0111. The maximum absolute atomic E-state index is 12.0. The van der Waals surface area contributed by atoms with E-state index in [2.05, 4.69) is 17.9 Å². The van der Waals surface area contributed by atoms with Gasteiger partial charge in [-0.15, -0.1) is 0 Å². The molecule has 1 atom stereocenters. The minimum Gasteiger partial charge on any atom is -0.480 e. The number of piperidine rings is 2. The zero-order chi connectivity index (χ0) is 18.7. The summed E-state index contributed by atoms with van der Waals surface area (Å²) in [6, 6.07) is 4.09. The average Bonchev–Trinajstić information content (AvgIpc) is 3.04. The fraction of sp³-hybridized carbons (Fsp3) is 0.700. The molecule has 1 aromatic rings. The molecule has 144 valence electrons. The maximum atomic E-state index is 12.0. The highest BCUT2D eigenvalue weighted by Gasteiger charge is 2.41. The molecule has 26 heavy (non-hydrogen) atoms. The average molecular weight is 362 g/mol. The molecule has 0 bridgehead atoms. The molecular formula is C20H30N2O4. The zero-order valence-corrected chi connectivity index (χ0v) is 15.9. The van der Waals surface area contributed by atoms with Crippen molar-refractivity contribution < 1.29 is 19.1 Å². The van der Waals surface area contributed by atoms with Crippen LogP contribution in [0.5, 0.6) is 0 Å². The van der Waals surface area contributed by atoms with Crippen molar-refractivity contribution in [1.82, 2.24) is 9.80 Å². The molecule has 2 aliphatic rings. The topological polar surface area (TPSA) is 74.0 Å². The molecule has 6 nitrogen and oxygen atoms in total. The van der Waals surface area contributed by atoms with Gasteiger partial charge in [0.05, 0.1) is 0 Å². The van der Waals surface area contributed by atoms with Gasteiger partial charge in [0.1, 0.15) is 18.1 Å². The van der Waals surface area contributed by atoms with Crippen molar-refractivity contribution >= 4 is 11.9 Å². The van der Waals surface area contributed by atoms with Crippen LogP contribution in [-0.4, -0.2) is 59.5 Å². The Morgan fingerprint density at radius 1 is 1.31 bits per heavy atom. The molecule has 3 heterocycles. The molecule has 0 saturated carbocycles. The molecule has 6 heteroatoms. The van der Waals surface area contributed by atoms with Crippen LogP contribution < -0.4 is 0 Å². The number of aliphatic carboxylic acids is 1. The Morgan fingerprint density at radius 2 is 2.04 bits per heavy atom. The molecule has 0 radical (unpaired) electrons. The fourth-order valence-electron chi connectivity index (χ4n) is 4.31. The summed E-state index contributed by atoms with van der Waals surface area (Å²) >= 11 is 0. The van der Waals surface area contributed by atoms with E-state index in [4.69, 9.17) is 9.52 Å². The Hall–Kier alpha value is -1.82. The summed E-state index contributed by atoms with van der Waals surface area (Å²) in [7, 11) is 0. The molecule has 3 rings (SSSR count). The largest absolute Gasteiger partial charge is 0.480 e. The van der Waals surface area contributed by atoms with E-state index in [1.807, 2.05) is 13.0 Å². The summed E-state index contributed by atoms with van der Waals surface area (Å²) in [4.78, 5) is 27.0. The lowest BCUT2D eigenvalue weighted by Crippen LogP contribution is -2.52. The number of aryl methyl sites for hydroxylation is 1. The van der Waals surface area contributed by atoms with Crippen LogP contribution in [0, 0.1) is 12.3 Å². The van der Waals surface area contributed by atoms with Gasteiger partial charge < -0.3 is 19.3 Å². The van der Waals surface area contributed by atoms with Gasteiger partial charge in [-0.2, -0.15) is 0 Å². The highest BCUT2D eigenvalue weighted by molar-refractivity contribution is 5.82. The first-order valence-electron chi connectivity index (χ1n) is 9.65. The molecule has 1 N–H and O–H groups in total. The summed E-state index contributed by atoms with van der Waals surface area (Å²) in [5, 5.41) is 9.02. The number of likely N-dealkylation sites (tertiary alicyclic amines) is 2. The molecule has 0 aliphatic carbocycles. The Kier molecular flexibility index (Phi) is 5.70. The van der Waals surface area contributed by atoms with Gasteiger partial charge in [-0.05, 0) is 69.8 Å². The predicted molar refractivity (Wildman–Crippen MR) is 98.0 cm³/mol. The van der Waals surface area contributed by atoms with Gasteiger partial charge in [-0.25, -0.2) is 0 Å². The SMILES string of the molecule is Cc1ccc([C@@H](C)CCN2CCC3(CCC(=O)N(CC(=O)O)C3)CC2)o1. The van der Waals surface area contributed by atoms with Crippen molar-refractivity contribution in [2.24, 2.45) is 5.41 Å². The molecule has 0 aromatic carbocycles. The van der Waals surface area contributed by atoms with Gasteiger partial charge in [0, 0.05) is 18.9 Å². The van der Waals surface area contributed by atoms with Crippen molar-refractivity contribution in [3.63, 3.8) is 0 Å². The van der Waals surface area contributed by atoms with Crippen LogP contribution in [0.15, 0.2) is 16.5 Å². The summed E-state index contributed by atoms with van der Waals surface area (Å²) in [5.41, 5.74) is 0.115. The number of carbonyl (C=O) groups excluding carboxylic acids is 1. The third-order valence-corrected chi connectivity index (χ3v) is 6.12. The van der Waals surface area contributed by atoms with Gasteiger partial charge >= 0.3 is 5.97 Å². The molecule has 1 spiro atoms. The number of hydrogen-bond acceptors (Lipinski definition) is 4. The lowest BCUT2D eigenvalue weighted by atomic mass is 9.72. The second-order valence-corrected chi connectivity index (χ2v) is 8.12. The highest BCUT2D eigenvalue weighted by Crippen LogP contribution is 2.40. The summed E-state index contributed by atoms with van der Waals surface area (Å²) in [6.07, 6.45) is 4.55. The third kappa shape index (κ3) is 4.47. The van der Waals surface area contributed by atoms with E-state index in [-0.39, 0.29) is 17.9 Å². The van der Waals surface area contributed by atoms with Gasteiger partial charge in [-0.3, -0.25) is 9.59 Å². The van der Waals surface area contributed by atoms with Crippen molar-refractivity contribution in [2.45, 2.75) is 51.9 Å². The molecule has 0 unspecified atom stereocenters. The van der Waals surface area contributed by atoms with E-state index < -0.39 is 5.97 Å². The number of carbonyl (C=O) groups is 2. The number of carboxylic acids is 1. The monoisotopic (exact) mass is 362 g/mol. The van der Waals surface area contributed by atoms with Crippen molar-refractivity contribution in [1.29, 1.82) is 0 Å². The van der Waals surface area contributed by atoms with Gasteiger partial charge in [0.25, 0.3) is 0 Å². The molecule has 2 saturated heterocycles. The Balaban J connectivity index is 1.47. The highest BCUT2D eigenvalue weighted by atomic mass is 16.4. The van der Waals surface area contributed by atoms with E-state index >= 15 is 0 Å². The number of nitrogens with zero attached hydrogens (tertiary/aromatic N) is 2. The van der Waals surface area contributed by atoms with E-state index in [9.17, 15) is 9.59 Å². The molecular weight excluding hydrogens is 332 g/mol. The van der Waals surface area contributed by atoms with E-state index in [1.54, 1.807) is 4.90 Å². The number of rotatable bonds is 6. The standard InChI is InChI=1S/C20H30N2O4/c1-15(17-4-3-16(2)26-17)6-10-21-11-8-20(9-12-21)7-5-18(23)22(14-20)13-19(24)25/h3-4,15H,5-14H2,1-2H3,(H,24,25)/t15-/m0/s1. The minimum atomic E-state index is -0.921. The van der Waals surface area contributed by atoms with E-state index in [0.29, 0.717) is 18.9 Å². The molecule has 2 aliphatic heterocycles. The summed E-state index contributed by atoms with van der Waals surface area (Å²) in [5.74, 6) is 1.51. The maximum Gasteiger partial charge on any atom is 0.323 e. The van der Waals surface area contributed by atoms with Crippen LogP contribution in [0.1, 0.15) is 56.5 Å². The smallest absolute Gasteiger partial charge is 0.323 e. The summed E-state index contributed by atoms with van der Waals surface area (Å²) < 4.78 is 5.72. The van der Waals surface area contributed by atoms with E-state index in [0.717, 1.165) is 56.8 Å². The van der Waals surface area contributed by atoms with Crippen LogP contribution in [0.3, 0.4) is 0 Å². The van der Waals surface area contributed by atoms with Crippen LogP contribution >= 0.6 is 0 Å². The van der Waals surface area contributed by atoms with Gasteiger partial charge in [0.15, 0.2) is 0 Å². The Labute approximate surface area is 155 Å². The van der Waals surface area contributed by atoms with Crippen LogP contribution in [0.2, 0.25) is 0 Å². The Morgan fingerprint density at radius 3 is 2.65 bits per heavy atom.